The minimum atomic E-state index is -0.222. The van der Waals surface area contributed by atoms with Gasteiger partial charge in [-0.1, -0.05) is 24.3 Å². The number of benzene rings is 1. The second-order valence-electron chi connectivity index (χ2n) is 7.07. The number of nitrogens with zero attached hydrogens (tertiary/aromatic N) is 2. The number of likely N-dealkylation sites (tertiary alicyclic amines) is 1. The van der Waals surface area contributed by atoms with Crippen molar-refractivity contribution in [3.05, 3.63) is 65.5 Å². The highest BCUT2D eigenvalue weighted by Crippen LogP contribution is 2.28. The van der Waals surface area contributed by atoms with Crippen molar-refractivity contribution in [2.75, 3.05) is 13.1 Å². The van der Waals surface area contributed by atoms with Gasteiger partial charge in [0.05, 0.1) is 25.2 Å². The number of aromatic nitrogens is 1. The van der Waals surface area contributed by atoms with E-state index in [4.69, 9.17) is 4.74 Å². The predicted octanol–water partition coefficient (Wildman–Crippen LogP) is 2.46. The zero-order valence-electron chi connectivity index (χ0n) is 15.1. The molecule has 0 aliphatic carbocycles. The van der Waals surface area contributed by atoms with E-state index >= 15 is 0 Å². The van der Waals surface area contributed by atoms with Crippen molar-refractivity contribution in [1.29, 1.82) is 0 Å². The second kappa shape index (κ2) is 7.88. The molecule has 4 rings (SSSR count). The van der Waals surface area contributed by atoms with Crippen molar-refractivity contribution in [3.8, 4) is 0 Å². The first-order valence-corrected chi connectivity index (χ1v) is 9.39. The minimum Gasteiger partial charge on any atom is -0.373 e. The summed E-state index contributed by atoms with van der Waals surface area (Å²) in [7, 11) is 0. The van der Waals surface area contributed by atoms with Crippen LogP contribution in [0.5, 0.6) is 0 Å². The lowest BCUT2D eigenvalue weighted by atomic mass is 10.0. The van der Waals surface area contributed by atoms with Gasteiger partial charge >= 0.3 is 0 Å². The van der Waals surface area contributed by atoms with Gasteiger partial charge < -0.3 is 15.0 Å². The number of ether oxygens (including phenoxy) is 1. The van der Waals surface area contributed by atoms with Gasteiger partial charge in [-0.15, -0.1) is 0 Å². The molecule has 6 heteroatoms. The SMILES string of the molecule is O=C1N[C@@H](CC(=O)N2CCC(OCc3cccnc3)CC2)c2ccccc21. The molecule has 1 aromatic heterocycles. The van der Waals surface area contributed by atoms with Gasteiger partial charge in [0.15, 0.2) is 0 Å². The molecule has 0 bridgehead atoms. The lowest BCUT2D eigenvalue weighted by Crippen LogP contribution is -2.42. The molecule has 1 fully saturated rings. The van der Waals surface area contributed by atoms with Gasteiger partial charge in [0, 0.05) is 31.0 Å². The Morgan fingerprint density at radius 2 is 2.00 bits per heavy atom. The lowest BCUT2D eigenvalue weighted by Gasteiger charge is -2.32. The molecule has 0 spiro atoms. The van der Waals surface area contributed by atoms with E-state index in [2.05, 4.69) is 10.3 Å². The van der Waals surface area contributed by atoms with Crippen LogP contribution in [0.2, 0.25) is 0 Å². The van der Waals surface area contributed by atoms with Crippen molar-refractivity contribution in [2.24, 2.45) is 0 Å². The Kier molecular flexibility index (Phi) is 5.16. The fraction of sp³-hybridized carbons (Fsp3) is 0.381. The highest BCUT2D eigenvalue weighted by atomic mass is 16.5. The smallest absolute Gasteiger partial charge is 0.252 e. The number of pyridine rings is 1. The van der Waals surface area contributed by atoms with Crippen molar-refractivity contribution >= 4 is 11.8 Å². The number of carbonyl (C=O) groups excluding carboxylic acids is 2. The van der Waals surface area contributed by atoms with Crippen LogP contribution in [0.15, 0.2) is 48.8 Å². The molecule has 6 nitrogen and oxygen atoms in total. The van der Waals surface area contributed by atoms with Crippen LogP contribution in [0.1, 0.15) is 46.8 Å². The predicted molar refractivity (Wildman–Crippen MR) is 99.9 cm³/mol. The topological polar surface area (TPSA) is 71.5 Å². The van der Waals surface area contributed by atoms with Crippen LogP contribution >= 0.6 is 0 Å². The van der Waals surface area contributed by atoms with E-state index in [1.165, 1.54) is 0 Å². The van der Waals surface area contributed by atoms with Crippen molar-refractivity contribution in [3.63, 3.8) is 0 Å². The van der Waals surface area contributed by atoms with Gasteiger partial charge in [0.25, 0.3) is 5.91 Å². The molecule has 1 saturated heterocycles. The molecule has 140 valence electrons. The maximum Gasteiger partial charge on any atom is 0.252 e. The van der Waals surface area contributed by atoms with E-state index in [0.29, 0.717) is 31.7 Å². The number of nitrogens with one attached hydrogen (secondary N) is 1. The Hall–Kier alpha value is -2.73. The van der Waals surface area contributed by atoms with Gasteiger partial charge in [0.1, 0.15) is 0 Å². The van der Waals surface area contributed by atoms with Crippen LogP contribution in [-0.2, 0) is 16.1 Å². The van der Waals surface area contributed by atoms with Crippen LogP contribution in [0.25, 0.3) is 0 Å². The van der Waals surface area contributed by atoms with Gasteiger partial charge in [-0.05, 0) is 36.1 Å². The van der Waals surface area contributed by atoms with E-state index in [9.17, 15) is 9.59 Å². The molecule has 1 N–H and O–H groups in total. The summed E-state index contributed by atoms with van der Waals surface area (Å²) in [5.74, 6) is -0.00591. The maximum absolute atomic E-state index is 12.7. The number of rotatable bonds is 5. The molecule has 0 saturated carbocycles. The third-order valence-electron chi connectivity index (χ3n) is 5.27. The maximum atomic E-state index is 12.7. The normalized spacial score (nSPS) is 19.6. The van der Waals surface area contributed by atoms with Crippen LogP contribution in [-0.4, -0.2) is 40.9 Å². The Bertz CT molecular complexity index is 816. The fourth-order valence-electron chi connectivity index (χ4n) is 3.76. The summed E-state index contributed by atoms with van der Waals surface area (Å²) in [6.45, 7) is 1.94. The molecule has 1 atom stereocenters. The van der Waals surface area contributed by atoms with Gasteiger partial charge in [-0.2, -0.15) is 0 Å². The van der Waals surface area contributed by atoms with Crippen LogP contribution in [0.3, 0.4) is 0 Å². The first kappa shape index (κ1) is 17.7. The average molecular weight is 365 g/mol. The number of fused-ring (bicyclic) bond motifs is 1. The monoisotopic (exact) mass is 365 g/mol. The summed E-state index contributed by atoms with van der Waals surface area (Å²) in [6.07, 6.45) is 5.70. The zero-order valence-corrected chi connectivity index (χ0v) is 15.1. The standard InChI is InChI=1S/C21H23N3O3/c25-20(12-19-17-5-1-2-6-18(17)21(26)23-19)24-10-7-16(8-11-24)27-14-15-4-3-9-22-13-15/h1-6,9,13,16,19H,7-8,10-12,14H2,(H,23,26)/t19-/m0/s1. The van der Waals surface area contributed by atoms with Gasteiger partial charge in [-0.25, -0.2) is 0 Å². The third kappa shape index (κ3) is 4.01. The van der Waals surface area contributed by atoms with E-state index in [0.717, 1.165) is 24.0 Å². The second-order valence-corrected chi connectivity index (χ2v) is 7.07. The van der Waals surface area contributed by atoms with Crippen LogP contribution in [0, 0.1) is 0 Å². The summed E-state index contributed by atoms with van der Waals surface area (Å²) < 4.78 is 5.96. The Labute approximate surface area is 158 Å². The summed E-state index contributed by atoms with van der Waals surface area (Å²) in [4.78, 5) is 30.7. The Morgan fingerprint density at radius 1 is 1.19 bits per heavy atom. The molecule has 0 unspecified atom stereocenters. The summed E-state index contributed by atoms with van der Waals surface area (Å²) >= 11 is 0. The van der Waals surface area contributed by atoms with Crippen molar-refractivity contribution in [2.45, 2.75) is 38.0 Å². The minimum absolute atomic E-state index is 0.0858. The molecule has 3 heterocycles. The summed E-state index contributed by atoms with van der Waals surface area (Å²) in [5.41, 5.74) is 2.66. The van der Waals surface area contributed by atoms with Gasteiger partial charge in [-0.3, -0.25) is 14.6 Å². The highest BCUT2D eigenvalue weighted by Gasteiger charge is 2.32. The highest BCUT2D eigenvalue weighted by molar-refractivity contribution is 5.99. The third-order valence-corrected chi connectivity index (χ3v) is 5.27. The fourth-order valence-corrected chi connectivity index (χ4v) is 3.76. The van der Waals surface area contributed by atoms with Crippen molar-refractivity contribution < 1.29 is 14.3 Å². The largest absolute Gasteiger partial charge is 0.373 e. The molecule has 0 radical (unpaired) electrons. The average Bonchev–Trinajstić information content (AvgIpc) is 3.03. The molecule has 1 aromatic carbocycles. The summed E-state index contributed by atoms with van der Waals surface area (Å²) in [5, 5.41) is 2.92. The number of carbonyl (C=O) groups is 2. The van der Waals surface area contributed by atoms with E-state index in [-0.39, 0.29) is 24.0 Å². The van der Waals surface area contributed by atoms with E-state index in [1.54, 1.807) is 12.3 Å². The lowest BCUT2D eigenvalue weighted by molar-refractivity contribution is -0.134. The first-order valence-electron chi connectivity index (χ1n) is 9.39. The quantitative estimate of drug-likeness (QED) is 0.884. The van der Waals surface area contributed by atoms with Crippen molar-refractivity contribution in [1.82, 2.24) is 15.2 Å². The first-order chi connectivity index (χ1) is 13.2. The number of amides is 2. The molecular formula is C21H23N3O3. The van der Waals surface area contributed by atoms with E-state index < -0.39 is 0 Å². The number of piperidine rings is 1. The zero-order chi connectivity index (χ0) is 18.6. The van der Waals surface area contributed by atoms with Crippen LogP contribution in [0.4, 0.5) is 0 Å². The van der Waals surface area contributed by atoms with E-state index in [1.807, 2.05) is 41.4 Å². The molecule has 27 heavy (non-hydrogen) atoms. The van der Waals surface area contributed by atoms with Crippen LogP contribution < -0.4 is 5.32 Å². The Balaban J connectivity index is 1.26. The molecular weight excluding hydrogens is 342 g/mol. The molecule has 2 amide bonds. The summed E-state index contributed by atoms with van der Waals surface area (Å²) in [6, 6.07) is 11.2. The molecule has 2 aromatic rings. The Morgan fingerprint density at radius 3 is 2.78 bits per heavy atom. The molecule has 2 aliphatic heterocycles. The number of hydrogen-bond acceptors (Lipinski definition) is 4. The molecule has 2 aliphatic rings. The number of hydrogen-bond donors (Lipinski definition) is 1. The van der Waals surface area contributed by atoms with Gasteiger partial charge in [0.2, 0.25) is 5.91 Å².